The van der Waals surface area contributed by atoms with E-state index in [-0.39, 0.29) is 11.9 Å². The zero-order valence-electron chi connectivity index (χ0n) is 12.6. The zero-order valence-corrected chi connectivity index (χ0v) is 12.6. The van der Waals surface area contributed by atoms with Gasteiger partial charge in [0, 0.05) is 19.6 Å². The number of nitrogens with zero attached hydrogens (tertiary/aromatic N) is 2. The maximum absolute atomic E-state index is 12.6. The van der Waals surface area contributed by atoms with Gasteiger partial charge in [0.1, 0.15) is 5.54 Å². The molecule has 2 heterocycles. The fraction of sp³-hybridized carbons (Fsp3) is 0.867. The van der Waals surface area contributed by atoms with Crippen LogP contribution in [-0.4, -0.2) is 58.0 Å². The van der Waals surface area contributed by atoms with Gasteiger partial charge in [-0.15, -0.1) is 0 Å². The fourth-order valence-corrected chi connectivity index (χ4v) is 3.74. The molecular formula is C15H26N2O3. The number of carbonyl (C=O) groups excluding carboxylic acids is 1. The van der Waals surface area contributed by atoms with Gasteiger partial charge in [-0.1, -0.05) is 6.92 Å². The highest BCUT2D eigenvalue weighted by molar-refractivity contribution is 5.84. The topological polar surface area (TPSA) is 60.9 Å². The summed E-state index contributed by atoms with van der Waals surface area (Å²) in [5, 5.41) is 9.61. The molecular weight excluding hydrogens is 256 g/mol. The molecule has 0 aromatic heterocycles. The van der Waals surface area contributed by atoms with Crippen molar-refractivity contribution in [2.45, 2.75) is 64.0 Å². The quantitative estimate of drug-likeness (QED) is 0.853. The van der Waals surface area contributed by atoms with Crippen molar-refractivity contribution in [3.8, 4) is 0 Å². The van der Waals surface area contributed by atoms with E-state index in [0.29, 0.717) is 19.4 Å². The van der Waals surface area contributed by atoms with Gasteiger partial charge in [0.25, 0.3) is 0 Å². The summed E-state index contributed by atoms with van der Waals surface area (Å²) in [6.07, 6.45) is 5.39. The zero-order chi connectivity index (χ0) is 14.8. The van der Waals surface area contributed by atoms with Crippen molar-refractivity contribution in [2.24, 2.45) is 0 Å². The summed E-state index contributed by atoms with van der Waals surface area (Å²) in [5.41, 5.74) is -0.842. The normalized spacial score (nSPS) is 29.4. The average Bonchev–Trinajstić information content (AvgIpc) is 2.91. The molecule has 0 bridgehead atoms. The van der Waals surface area contributed by atoms with E-state index in [1.54, 1.807) is 0 Å². The van der Waals surface area contributed by atoms with Gasteiger partial charge in [-0.05, 0) is 45.4 Å². The van der Waals surface area contributed by atoms with Crippen LogP contribution in [-0.2, 0) is 9.59 Å². The van der Waals surface area contributed by atoms with Gasteiger partial charge in [-0.2, -0.15) is 0 Å². The monoisotopic (exact) mass is 282 g/mol. The Morgan fingerprint density at radius 1 is 1.15 bits per heavy atom. The summed E-state index contributed by atoms with van der Waals surface area (Å²) in [6, 6.07) is -0.327. The summed E-state index contributed by atoms with van der Waals surface area (Å²) >= 11 is 0. The Morgan fingerprint density at radius 2 is 1.80 bits per heavy atom. The molecule has 0 spiro atoms. The van der Waals surface area contributed by atoms with Crippen LogP contribution in [0.25, 0.3) is 0 Å². The van der Waals surface area contributed by atoms with Crippen LogP contribution in [0.3, 0.4) is 0 Å². The maximum atomic E-state index is 12.6. The summed E-state index contributed by atoms with van der Waals surface area (Å²) in [5.74, 6) is -0.679. The van der Waals surface area contributed by atoms with E-state index in [0.717, 1.165) is 32.4 Å². The van der Waals surface area contributed by atoms with E-state index in [1.807, 2.05) is 23.6 Å². The molecule has 2 atom stereocenters. The van der Waals surface area contributed by atoms with E-state index in [4.69, 9.17) is 0 Å². The average molecular weight is 282 g/mol. The molecule has 20 heavy (non-hydrogen) atoms. The molecule has 2 aliphatic heterocycles. The molecule has 0 radical (unpaired) electrons. The largest absolute Gasteiger partial charge is 0.480 e. The predicted molar refractivity (Wildman–Crippen MR) is 76.5 cm³/mol. The number of carbonyl (C=O) groups is 2. The van der Waals surface area contributed by atoms with Crippen molar-refractivity contribution in [1.29, 1.82) is 0 Å². The molecule has 1 amide bonds. The van der Waals surface area contributed by atoms with Crippen LogP contribution < -0.4 is 0 Å². The summed E-state index contributed by atoms with van der Waals surface area (Å²) < 4.78 is 0. The highest BCUT2D eigenvalue weighted by atomic mass is 16.4. The molecule has 0 saturated carbocycles. The number of rotatable bonds is 4. The Labute approximate surface area is 120 Å². The van der Waals surface area contributed by atoms with Crippen molar-refractivity contribution >= 4 is 11.9 Å². The molecule has 5 nitrogen and oxygen atoms in total. The Kier molecular flexibility index (Phi) is 4.68. The highest BCUT2D eigenvalue weighted by Gasteiger charge is 2.49. The van der Waals surface area contributed by atoms with Crippen molar-refractivity contribution < 1.29 is 14.7 Å². The first kappa shape index (κ1) is 15.3. The van der Waals surface area contributed by atoms with Crippen LogP contribution in [0, 0.1) is 0 Å². The van der Waals surface area contributed by atoms with E-state index in [2.05, 4.69) is 0 Å². The summed E-state index contributed by atoms with van der Waals surface area (Å²) in [7, 11) is 0. The van der Waals surface area contributed by atoms with Crippen molar-refractivity contribution in [3.05, 3.63) is 0 Å². The SMILES string of the molecule is CCC1(C(=O)O)CCCN1C(C)C(=O)N1CCCCC1. The van der Waals surface area contributed by atoms with Gasteiger partial charge >= 0.3 is 5.97 Å². The lowest BCUT2D eigenvalue weighted by Crippen LogP contribution is -2.58. The minimum absolute atomic E-state index is 0.102. The number of amides is 1. The Bertz CT molecular complexity index is 379. The number of hydrogen-bond donors (Lipinski definition) is 1. The minimum atomic E-state index is -0.842. The van der Waals surface area contributed by atoms with Crippen molar-refractivity contribution in [3.63, 3.8) is 0 Å². The van der Waals surface area contributed by atoms with Crippen LogP contribution in [0.1, 0.15) is 52.4 Å². The number of likely N-dealkylation sites (tertiary alicyclic amines) is 2. The van der Waals surface area contributed by atoms with Gasteiger partial charge in [0.05, 0.1) is 6.04 Å². The number of aliphatic carboxylic acids is 1. The Hall–Kier alpha value is -1.10. The first-order chi connectivity index (χ1) is 9.53. The molecule has 0 aromatic carbocycles. The standard InChI is InChI=1S/C15H26N2O3/c1-3-15(14(19)20)8-7-11-17(15)12(2)13(18)16-9-5-4-6-10-16/h12H,3-11H2,1-2H3,(H,19,20). The van der Waals surface area contributed by atoms with E-state index < -0.39 is 11.5 Å². The minimum Gasteiger partial charge on any atom is -0.480 e. The molecule has 0 aliphatic carbocycles. The summed E-state index contributed by atoms with van der Waals surface area (Å²) in [6.45, 7) is 6.13. The maximum Gasteiger partial charge on any atom is 0.324 e. The van der Waals surface area contributed by atoms with E-state index in [9.17, 15) is 14.7 Å². The lowest BCUT2D eigenvalue weighted by atomic mass is 9.91. The lowest BCUT2D eigenvalue weighted by Gasteiger charge is -2.40. The second-order valence-corrected chi connectivity index (χ2v) is 6.05. The van der Waals surface area contributed by atoms with Crippen molar-refractivity contribution in [1.82, 2.24) is 9.80 Å². The van der Waals surface area contributed by atoms with Gasteiger partial charge in [0.2, 0.25) is 5.91 Å². The van der Waals surface area contributed by atoms with Crippen LogP contribution in [0.2, 0.25) is 0 Å². The molecule has 2 saturated heterocycles. The number of piperidine rings is 1. The summed E-state index contributed by atoms with van der Waals surface area (Å²) in [4.78, 5) is 28.1. The number of carboxylic acid groups (broad SMARTS) is 1. The Balaban J connectivity index is 2.12. The van der Waals surface area contributed by atoms with E-state index >= 15 is 0 Å². The predicted octanol–water partition coefficient (Wildman–Crippen LogP) is 1.72. The third-order valence-corrected chi connectivity index (χ3v) is 5.01. The van der Waals surface area contributed by atoms with Gasteiger partial charge < -0.3 is 10.0 Å². The van der Waals surface area contributed by atoms with Crippen LogP contribution >= 0.6 is 0 Å². The fourth-order valence-electron chi connectivity index (χ4n) is 3.74. The molecule has 5 heteroatoms. The van der Waals surface area contributed by atoms with Crippen LogP contribution in [0.4, 0.5) is 0 Å². The second kappa shape index (κ2) is 6.12. The molecule has 0 aromatic rings. The molecule has 2 fully saturated rings. The highest BCUT2D eigenvalue weighted by Crippen LogP contribution is 2.35. The molecule has 114 valence electrons. The molecule has 1 N–H and O–H groups in total. The van der Waals surface area contributed by atoms with Gasteiger partial charge in [-0.25, -0.2) is 0 Å². The molecule has 2 unspecified atom stereocenters. The van der Waals surface area contributed by atoms with Gasteiger partial charge in [0.15, 0.2) is 0 Å². The molecule has 2 rings (SSSR count). The van der Waals surface area contributed by atoms with E-state index in [1.165, 1.54) is 6.42 Å². The third-order valence-electron chi connectivity index (χ3n) is 5.01. The Morgan fingerprint density at radius 3 is 2.35 bits per heavy atom. The number of carboxylic acids is 1. The number of hydrogen-bond acceptors (Lipinski definition) is 3. The van der Waals surface area contributed by atoms with Crippen LogP contribution in [0.15, 0.2) is 0 Å². The molecule has 2 aliphatic rings. The van der Waals surface area contributed by atoms with Crippen molar-refractivity contribution in [2.75, 3.05) is 19.6 Å². The second-order valence-electron chi connectivity index (χ2n) is 6.05. The van der Waals surface area contributed by atoms with Gasteiger partial charge in [-0.3, -0.25) is 14.5 Å². The first-order valence-electron chi connectivity index (χ1n) is 7.82. The third kappa shape index (κ3) is 2.55. The first-order valence-corrected chi connectivity index (χ1v) is 7.82. The lowest BCUT2D eigenvalue weighted by molar-refractivity contribution is -0.154. The van der Waals surface area contributed by atoms with Crippen LogP contribution in [0.5, 0.6) is 0 Å². The smallest absolute Gasteiger partial charge is 0.324 e.